The first-order chi connectivity index (χ1) is 10.8. The first kappa shape index (κ1) is 16.6. The van der Waals surface area contributed by atoms with Crippen LogP contribution in [-0.2, 0) is 10.0 Å². The Morgan fingerprint density at radius 2 is 1.78 bits per heavy atom. The Labute approximate surface area is 134 Å². The van der Waals surface area contributed by atoms with Crippen LogP contribution < -0.4 is 4.90 Å². The molecule has 2 fully saturated rings. The molecule has 0 bridgehead atoms. The number of alkyl halides is 2. The van der Waals surface area contributed by atoms with Crippen LogP contribution in [0.1, 0.15) is 31.5 Å². The minimum atomic E-state index is -3.51. The second-order valence-corrected chi connectivity index (χ2v) is 8.42. The predicted molar refractivity (Wildman–Crippen MR) is 81.0 cm³/mol. The van der Waals surface area contributed by atoms with Gasteiger partial charge in [-0.25, -0.2) is 17.2 Å². The molecule has 0 amide bonds. The van der Waals surface area contributed by atoms with Gasteiger partial charge in [-0.3, -0.25) is 5.10 Å². The van der Waals surface area contributed by atoms with Crippen molar-refractivity contribution >= 4 is 16.0 Å². The van der Waals surface area contributed by atoms with Crippen molar-refractivity contribution in [3.8, 4) is 0 Å². The molecule has 0 aromatic carbocycles. The Hall–Kier alpha value is -1.29. The van der Waals surface area contributed by atoms with Crippen LogP contribution >= 0.6 is 0 Å². The van der Waals surface area contributed by atoms with Crippen LogP contribution in [0.15, 0.2) is 0 Å². The average Bonchev–Trinajstić information content (AvgIpc) is 2.93. The van der Waals surface area contributed by atoms with Crippen molar-refractivity contribution in [2.24, 2.45) is 0 Å². The number of hydrogen-bond donors (Lipinski definition) is 1. The zero-order valence-corrected chi connectivity index (χ0v) is 13.8. The summed E-state index contributed by atoms with van der Waals surface area (Å²) in [7, 11) is -3.51. The highest BCUT2D eigenvalue weighted by atomic mass is 32.2. The number of aromatic amines is 1. The maximum Gasteiger partial charge on any atom is 0.248 e. The number of rotatable bonds is 3. The summed E-state index contributed by atoms with van der Waals surface area (Å²) >= 11 is 0. The molecule has 2 heterocycles. The lowest BCUT2D eigenvalue weighted by atomic mass is 9.96. The number of H-pyrrole nitrogens is 1. The zero-order valence-electron chi connectivity index (χ0n) is 13.0. The number of nitrogens with zero attached hydrogens (tertiary/aromatic N) is 4. The van der Waals surface area contributed by atoms with Crippen LogP contribution in [0.5, 0.6) is 0 Å². The van der Waals surface area contributed by atoms with Gasteiger partial charge in [0.15, 0.2) is 0 Å². The number of sulfonamides is 1. The highest BCUT2D eigenvalue weighted by molar-refractivity contribution is 7.89. The fourth-order valence-corrected chi connectivity index (χ4v) is 5.06. The van der Waals surface area contributed by atoms with Gasteiger partial charge in [0.2, 0.25) is 21.9 Å². The summed E-state index contributed by atoms with van der Waals surface area (Å²) in [5.74, 6) is -1.44. The number of piperazine rings is 1. The predicted octanol–water partition coefficient (Wildman–Crippen LogP) is 1.14. The molecular formula is C13H21F2N5O2S. The van der Waals surface area contributed by atoms with Crippen LogP contribution in [0.25, 0.3) is 0 Å². The lowest BCUT2D eigenvalue weighted by molar-refractivity contribution is -0.0331. The Kier molecular flexibility index (Phi) is 4.30. The molecule has 1 aliphatic carbocycles. The number of halogens is 2. The fraction of sp³-hybridized carbons (Fsp3) is 0.846. The Balaban J connectivity index is 1.60. The molecule has 23 heavy (non-hydrogen) atoms. The van der Waals surface area contributed by atoms with Gasteiger partial charge in [0.25, 0.3) is 0 Å². The second-order valence-electron chi connectivity index (χ2n) is 6.21. The van der Waals surface area contributed by atoms with Crippen LogP contribution in [0.4, 0.5) is 14.7 Å². The van der Waals surface area contributed by atoms with E-state index < -0.39 is 21.2 Å². The molecule has 2 aliphatic rings. The molecule has 1 aromatic rings. The van der Waals surface area contributed by atoms with Crippen molar-refractivity contribution < 1.29 is 17.2 Å². The number of nitrogens with one attached hydrogen (secondary N) is 1. The normalized spacial score (nSPS) is 24.0. The quantitative estimate of drug-likeness (QED) is 0.885. The van der Waals surface area contributed by atoms with Gasteiger partial charge in [-0.15, -0.1) is 5.10 Å². The molecule has 1 aromatic heterocycles. The summed E-state index contributed by atoms with van der Waals surface area (Å²) < 4.78 is 53.1. The Morgan fingerprint density at radius 3 is 2.30 bits per heavy atom. The SMILES string of the molecule is Cc1nc(N2CCN(S(=O)(=O)C3CCC(F)(F)CC3)CC2)n[nH]1. The monoisotopic (exact) mass is 349 g/mol. The molecule has 1 aliphatic heterocycles. The van der Waals surface area contributed by atoms with Crippen molar-refractivity contribution in [2.75, 3.05) is 31.1 Å². The molecule has 0 radical (unpaired) electrons. The van der Waals surface area contributed by atoms with E-state index in [4.69, 9.17) is 0 Å². The topological polar surface area (TPSA) is 82.2 Å². The first-order valence-corrected chi connectivity index (χ1v) is 9.29. The van der Waals surface area contributed by atoms with E-state index in [0.717, 1.165) is 0 Å². The Bertz CT molecular complexity index is 645. The minimum Gasteiger partial charge on any atom is -0.337 e. The van der Waals surface area contributed by atoms with Gasteiger partial charge in [0, 0.05) is 39.0 Å². The second kappa shape index (κ2) is 5.97. The van der Waals surface area contributed by atoms with Crippen LogP contribution in [-0.4, -0.2) is 65.3 Å². The molecule has 0 unspecified atom stereocenters. The van der Waals surface area contributed by atoms with Gasteiger partial charge in [0.1, 0.15) is 5.82 Å². The molecule has 0 atom stereocenters. The lowest BCUT2D eigenvalue weighted by Gasteiger charge is -2.37. The molecule has 130 valence electrons. The van der Waals surface area contributed by atoms with Crippen molar-refractivity contribution in [3.05, 3.63) is 5.82 Å². The van der Waals surface area contributed by atoms with Crippen LogP contribution in [0.3, 0.4) is 0 Å². The van der Waals surface area contributed by atoms with Gasteiger partial charge >= 0.3 is 0 Å². The van der Waals surface area contributed by atoms with Gasteiger partial charge in [-0.2, -0.15) is 9.29 Å². The molecular weight excluding hydrogens is 328 g/mol. The van der Waals surface area contributed by atoms with E-state index in [1.54, 1.807) is 6.92 Å². The largest absolute Gasteiger partial charge is 0.337 e. The van der Waals surface area contributed by atoms with E-state index in [1.165, 1.54) is 4.31 Å². The summed E-state index contributed by atoms with van der Waals surface area (Å²) in [6.45, 7) is 3.47. The van der Waals surface area contributed by atoms with E-state index in [-0.39, 0.29) is 25.7 Å². The zero-order chi connectivity index (χ0) is 16.7. The standard InChI is InChI=1S/C13H21F2N5O2S/c1-10-16-12(18-17-10)19-6-8-20(9-7-19)23(21,22)11-2-4-13(14,15)5-3-11/h11H,2-9H2,1H3,(H,16,17,18). The third-order valence-electron chi connectivity index (χ3n) is 4.55. The molecule has 3 rings (SSSR count). The molecule has 10 heteroatoms. The van der Waals surface area contributed by atoms with Gasteiger partial charge < -0.3 is 4.90 Å². The van der Waals surface area contributed by atoms with E-state index in [2.05, 4.69) is 15.2 Å². The van der Waals surface area contributed by atoms with Crippen molar-refractivity contribution in [1.82, 2.24) is 19.5 Å². The molecule has 1 saturated carbocycles. The maximum absolute atomic E-state index is 13.2. The van der Waals surface area contributed by atoms with E-state index in [1.807, 2.05) is 4.90 Å². The Morgan fingerprint density at radius 1 is 1.17 bits per heavy atom. The maximum atomic E-state index is 13.2. The molecule has 0 spiro atoms. The van der Waals surface area contributed by atoms with E-state index in [0.29, 0.717) is 38.0 Å². The van der Waals surface area contributed by atoms with Crippen molar-refractivity contribution in [3.63, 3.8) is 0 Å². The summed E-state index contributed by atoms with van der Waals surface area (Å²) in [6, 6.07) is 0. The first-order valence-electron chi connectivity index (χ1n) is 7.79. The highest BCUT2D eigenvalue weighted by Crippen LogP contribution is 2.36. The average molecular weight is 349 g/mol. The summed E-state index contributed by atoms with van der Waals surface area (Å²) in [5.41, 5.74) is 0. The van der Waals surface area contributed by atoms with Gasteiger partial charge in [0.05, 0.1) is 5.25 Å². The van der Waals surface area contributed by atoms with E-state index in [9.17, 15) is 17.2 Å². The summed E-state index contributed by atoms with van der Waals surface area (Å²) in [4.78, 5) is 6.16. The van der Waals surface area contributed by atoms with Crippen LogP contribution in [0.2, 0.25) is 0 Å². The molecule has 1 saturated heterocycles. The van der Waals surface area contributed by atoms with E-state index >= 15 is 0 Å². The minimum absolute atomic E-state index is 0.0374. The number of aromatic nitrogens is 3. The van der Waals surface area contributed by atoms with Gasteiger partial charge in [-0.1, -0.05) is 0 Å². The summed E-state index contributed by atoms with van der Waals surface area (Å²) in [5, 5.41) is 6.15. The number of hydrogen-bond acceptors (Lipinski definition) is 5. The smallest absolute Gasteiger partial charge is 0.248 e. The van der Waals surface area contributed by atoms with Crippen LogP contribution in [0, 0.1) is 6.92 Å². The fourth-order valence-electron chi connectivity index (χ4n) is 3.14. The third-order valence-corrected chi connectivity index (χ3v) is 6.95. The van der Waals surface area contributed by atoms with Crippen molar-refractivity contribution in [1.29, 1.82) is 0 Å². The molecule has 1 N–H and O–H groups in total. The third kappa shape index (κ3) is 3.47. The highest BCUT2D eigenvalue weighted by Gasteiger charge is 2.42. The van der Waals surface area contributed by atoms with Crippen molar-refractivity contribution in [2.45, 2.75) is 43.8 Å². The summed E-state index contributed by atoms with van der Waals surface area (Å²) in [6.07, 6.45) is -0.605. The lowest BCUT2D eigenvalue weighted by Crippen LogP contribution is -2.52. The van der Waals surface area contributed by atoms with Gasteiger partial charge in [-0.05, 0) is 19.8 Å². The number of aryl methyl sites for hydroxylation is 1. The number of anilines is 1. The molecule has 7 nitrogen and oxygen atoms in total.